The van der Waals surface area contributed by atoms with E-state index in [0.29, 0.717) is 12.1 Å². The Labute approximate surface area is 292 Å². The second kappa shape index (κ2) is 14.4. The van der Waals surface area contributed by atoms with Crippen molar-refractivity contribution >= 4 is 12.6 Å². The van der Waals surface area contributed by atoms with Gasteiger partial charge in [0.05, 0.1) is 11.1 Å². The van der Waals surface area contributed by atoms with E-state index in [1.165, 1.54) is 6.07 Å². The normalized spacial score (nSPS) is 11.2. The first kappa shape index (κ1) is 37.7. The molecule has 2 nitrogen and oxygen atoms in total. The van der Waals surface area contributed by atoms with Gasteiger partial charge < -0.3 is 9.31 Å². The number of halogens is 15. The summed E-state index contributed by atoms with van der Waals surface area (Å²) in [5.41, 5.74) is -8.11. The fraction of sp³-hybridized carbons (Fsp3) is 0. The van der Waals surface area contributed by atoms with Gasteiger partial charge in [-0.3, -0.25) is 0 Å². The van der Waals surface area contributed by atoms with Crippen molar-refractivity contribution < 1.29 is 75.2 Å². The summed E-state index contributed by atoms with van der Waals surface area (Å²) in [6.45, 7) is 0. The van der Waals surface area contributed by atoms with Crippen LogP contribution in [0.5, 0.6) is 11.5 Å². The zero-order valence-electron chi connectivity index (χ0n) is 26.0. The second-order valence-corrected chi connectivity index (χ2v) is 11.0. The van der Waals surface area contributed by atoms with Crippen LogP contribution in [0.1, 0.15) is 0 Å². The van der Waals surface area contributed by atoms with Gasteiger partial charge in [-0.1, -0.05) is 42.5 Å². The van der Waals surface area contributed by atoms with Crippen molar-refractivity contribution in [3.63, 3.8) is 0 Å². The quantitative estimate of drug-likeness (QED) is 0.0664. The van der Waals surface area contributed by atoms with Gasteiger partial charge in [-0.05, 0) is 29.8 Å². The molecule has 0 atom stereocenters. The molecule has 0 fully saturated rings. The van der Waals surface area contributed by atoms with E-state index < -0.39 is 145 Å². The molecule has 0 aromatic heterocycles. The molecule has 276 valence electrons. The number of para-hydroxylation sites is 1. The van der Waals surface area contributed by atoms with Gasteiger partial charge >= 0.3 is 7.12 Å². The number of hydrogen-bond acceptors (Lipinski definition) is 2. The maximum atomic E-state index is 15.7. The maximum absolute atomic E-state index is 15.7. The molecule has 0 aliphatic rings. The van der Waals surface area contributed by atoms with Crippen LogP contribution in [-0.4, -0.2) is 7.12 Å². The smallest absolute Gasteiger partial charge is 0.521 e. The minimum atomic E-state index is -2.83. The average Bonchev–Trinajstić information content (AvgIpc) is 3.16. The summed E-state index contributed by atoms with van der Waals surface area (Å²) in [7, 11) is -2.67. The standard InChI is InChI=1S/C36H12BF15O2/c38-13-11-17(24(41)20(40)12-13)14-5-1-3-7-18(14)37(53-21-8-4-2-6-15(21)16-9-10-19(39)26(43)25(16)42)54-36-23(29(46)32(49)34(51)35(36)52)22-27(44)30(47)33(50)31(48)28(22)45/h1-12H. The van der Waals surface area contributed by atoms with Crippen LogP contribution in [0.3, 0.4) is 0 Å². The highest BCUT2D eigenvalue weighted by Gasteiger charge is 2.39. The lowest BCUT2D eigenvalue weighted by Gasteiger charge is -2.24. The van der Waals surface area contributed by atoms with E-state index in [9.17, 15) is 43.9 Å². The van der Waals surface area contributed by atoms with E-state index in [0.717, 1.165) is 48.5 Å². The van der Waals surface area contributed by atoms with Gasteiger partial charge in [0.2, 0.25) is 17.5 Å². The molecule has 0 aliphatic heterocycles. The Morgan fingerprint density at radius 3 is 1.54 bits per heavy atom. The van der Waals surface area contributed by atoms with Crippen LogP contribution in [0.2, 0.25) is 0 Å². The molecule has 0 saturated carbocycles. The van der Waals surface area contributed by atoms with Crippen LogP contribution in [0.4, 0.5) is 65.9 Å². The Kier molecular flexibility index (Phi) is 10.0. The molecule has 0 aliphatic carbocycles. The van der Waals surface area contributed by atoms with E-state index in [2.05, 4.69) is 0 Å². The summed E-state index contributed by atoms with van der Waals surface area (Å²) >= 11 is 0. The molecule has 0 heterocycles. The largest absolute Gasteiger partial charge is 0.633 e. The molecule has 0 unspecified atom stereocenters. The SMILES string of the molecule is Fc1cc(F)c(F)c(-c2ccccc2B(Oc2ccccc2-c2ccc(F)c(F)c2F)Oc2c(F)c(F)c(F)c(F)c2-c2c(F)c(F)c(F)c(F)c2F)c1. The summed E-state index contributed by atoms with van der Waals surface area (Å²) in [6.07, 6.45) is 0. The minimum absolute atomic E-state index is 0.133. The Hall–Kier alpha value is -6.07. The minimum Gasteiger partial charge on any atom is -0.521 e. The first-order valence-electron chi connectivity index (χ1n) is 14.7. The molecule has 0 saturated heterocycles. The summed E-state index contributed by atoms with van der Waals surface area (Å²) in [6, 6.07) is 10.1. The molecule has 0 spiro atoms. The predicted molar refractivity (Wildman–Crippen MR) is 162 cm³/mol. The van der Waals surface area contributed by atoms with Crippen molar-refractivity contribution in [1.29, 1.82) is 0 Å². The Bertz CT molecular complexity index is 2460. The lowest BCUT2D eigenvalue weighted by atomic mass is 9.73. The highest BCUT2D eigenvalue weighted by atomic mass is 19.2. The van der Waals surface area contributed by atoms with Gasteiger partial charge in [0, 0.05) is 28.2 Å². The van der Waals surface area contributed by atoms with Gasteiger partial charge in [-0.2, -0.15) is 4.39 Å². The summed E-state index contributed by atoms with van der Waals surface area (Å²) in [4.78, 5) is 0. The third-order valence-corrected chi connectivity index (χ3v) is 7.85. The van der Waals surface area contributed by atoms with Crippen molar-refractivity contribution in [2.45, 2.75) is 0 Å². The van der Waals surface area contributed by atoms with Crippen molar-refractivity contribution in [1.82, 2.24) is 0 Å². The zero-order chi connectivity index (χ0) is 39.3. The molecule has 0 radical (unpaired) electrons. The molecular weight excluding hydrogens is 760 g/mol. The molecule has 54 heavy (non-hydrogen) atoms. The van der Waals surface area contributed by atoms with E-state index in [-0.39, 0.29) is 6.07 Å². The van der Waals surface area contributed by atoms with E-state index in [1.54, 1.807) is 0 Å². The van der Waals surface area contributed by atoms with E-state index in [1.807, 2.05) is 0 Å². The fourth-order valence-corrected chi connectivity index (χ4v) is 5.37. The monoisotopic (exact) mass is 772 g/mol. The number of benzene rings is 6. The average molecular weight is 772 g/mol. The van der Waals surface area contributed by atoms with Gasteiger partial charge in [0.1, 0.15) is 11.6 Å². The van der Waals surface area contributed by atoms with Crippen molar-refractivity contribution in [3.8, 4) is 44.9 Å². The molecule has 0 N–H and O–H groups in total. The first-order chi connectivity index (χ1) is 25.5. The second-order valence-electron chi connectivity index (χ2n) is 11.0. The Morgan fingerprint density at radius 1 is 0.352 bits per heavy atom. The Balaban J connectivity index is 1.66. The molecule has 6 rings (SSSR count). The summed E-state index contributed by atoms with van der Waals surface area (Å²) < 4.78 is 231. The molecule has 0 amide bonds. The van der Waals surface area contributed by atoms with Crippen molar-refractivity contribution in [3.05, 3.63) is 160 Å². The fourth-order valence-electron chi connectivity index (χ4n) is 5.37. The van der Waals surface area contributed by atoms with Crippen LogP contribution in [0, 0.1) is 87.3 Å². The molecule has 0 bridgehead atoms. The van der Waals surface area contributed by atoms with Crippen molar-refractivity contribution in [2.24, 2.45) is 0 Å². The predicted octanol–water partition coefficient (Wildman–Crippen LogP) is 10.6. The molecule has 6 aromatic rings. The van der Waals surface area contributed by atoms with E-state index in [4.69, 9.17) is 9.31 Å². The van der Waals surface area contributed by atoms with Crippen LogP contribution < -0.4 is 14.8 Å². The topological polar surface area (TPSA) is 18.5 Å². The number of rotatable bonds is 8. The molecule has 18 heteroatoms. The maximum Gasteiger partial charge on any atom is 0.633 e. The van der Waals surface area contributed by atoms with Crippen LogP contribution in [0.15, 0.2) is 72.8 Å². The highest BCUT2D eigenvalue weighted by Crippen LogP contribution is 2.43. The third-order valence-electron chi connectivity index (χ3n) is 7.85. The van der Waals surface area contributed by atoms with Gasteiger partial charge in [0.15, 0.2) is 69.7 Å². The van der Waals surface area contributed by atoms with Crippen molar-refractivity contribution in [2.75, 3.05) is 0 Å². The van der Waals surface area contributed by atoms with E-state index >= 15 is 22.0 Å². The van der Waals surface area contributed by atoms with Gasteiger partial charge in [-0.25, -0.2) is 61.5 Å². The first-order valence-corrected chi connectivity index (χ1v) is 14.7. The Morgan fingerprint density at radius 2 is 0.889 bits per heavy atom. The van der Waals surface area contributed by atoms with Gasteiger partial charge in [-0.15, -0.1) is 0 Å². The molecular formula is C36H12BF15O2. The third kappa shape index (κ3) is 6.34. The number of hydrogen-bond donors (Lipinski definition) is 0. The molecule has 6 aromatic carbocycles. The summed E-state index contributed by atoms with van der Waals surface area (Å²) in [5.74, 6) is -38.2. The zero-order valence-corrected chi connectivity index (χ0v) is 26.0. The highest BCUT2D eigenvalue weighted by molar-refractivity contribution is 6.64. The lowest BCUT2D eigenvalue weighted by molar-refractivity contribution is 0.367. The summed E-state index contributed by atoms with van der Waals surface area (Å²) in [5, 5.41) is 0. The van der Waals surface area contributed by atoms with Gasteiger partial charge in [0.25, 0.3) is 0 Å². The lowest BCUT2D eigenvalue weighted by Crippen LogP contribution is -2.44. The van der Waals surface area contributed by atoms with Crippen LogP contribution >= 0.6 is 0 Å². The van der Waals surface area contributed by atoms with Crippen LogP contribution in [0.25, 0.3) is 33.4 Å². The van der Waals surface area contributed by atoms with Crippen LogP contribution in [-0.2, 0) is 0 Å².